The van der Waals surface area contributed by atoms with Crippen molar-refractivity contribution in [1.29, 1.82) is 10.8 Å². The van der Waals surface area contributed by atoms with Crippen LogP contribution in [-0.4, -0.2) is 277 Å². The zero-order valence-electron chi connectivity index (χ0n) is 73.1. The summed E-state index contributed by atoms with van der Waals surface area (Å²) in [7, 11) is 1.53. The van der Waals surface area contributed by atoms with Crippen molar-refractivity contribution in [3.63, 3.8) is 0 Å². The van der Waals surface area contributed by atoms with Gasteiger partial charge in [0.1, 0.15) is 90.6 Å². The molecule has 0 aliphatic carbocycles. The van der Waals surface area contributed by atoms with Crippen LogP contribution in [0, 0.1) is 16.7 Å². The molecule has 0 unspecified atom stereocenters. The number of hydrogen-bond acceptors (Lipinski definition) is 24. The van der Waals surface area contributed by atoms with E-state index in [1.165, 1.54) is 40.2 Å². The lowest BCUT2D eigenvalue weighted by Gasteiger charge is -2.28. The molecule has 0 radical (unpaired) electrons. The third-order valence-electron chi connectivity index (χ3n) is 20.3. The van der Waals surface area contributed by atoms with Crippen molar-refractivity contribution in [2.75, 3.05) is 37.7 Å². The number of imidazole rings is 1. The number of carboxylic acids is 1. The molecule has 130 heavy (non-hydrogen) atoms. The van der Waals surface area contributed by atoms with Crippen molar-refractivity contribution >= 4 is 162 Å². The van der Waals surface area contributed by atoms with Crippen LogP contribution in [0.5, 0.6) is 0 Å². The molecule has 710 valence electrons. The summed E-state index contributed by atoms with van der Waals surface area (Å²) < 4.78 is 0. The molecule has 1 fully saturated rings. The van der Waals surface area contributed by atoms with Crippen molar-refractivity contribution < 1.29 is 96.5 Å². The van der Waals surface area contributed by atoms with Crippen LogP contribution >= 0.6 is 21.6 Å². The van der Waals surface area contributed by atoms with E-state index in [0.717, 1.165) is 35.4 Å². The fourth-order valence-corrected chi connectivity index (χ4v) is 15.5. The Bertz CT molecular complexity index is 4840. The van der Waals surface area contributed by atoms with Gasteiger partial charge in [-0.15, -0.1) is 0 Å². The maximum atomic E-state index is 15.3. The molecular weight excluding hydrogens is 1740 g/mol. The Morgan fingerprint density at radius 3 is 1.41 bits per heavy atom. The van der Waals surface area contributed by atoms with Crippen LogP contribution < -0.4 is 113 Å². The largest absolute Gasteiger partial charge is 0.481 e. The van der Waals surface area contributed by atoms with Gasteiger partial charge in [0.05, 0.1) is 12.9 Å². The Labute approximate surface area is 755 Å². The van der Waals surface area contributed by atoms with E-state index in [4.69, 9.17) is 28.0 Å². The van der Waals surface area contributed by atoms with Crippen LogP contribution in [0.4, 0.5) is 0 Å². The summed E-state index contributed by atoms with van der Waals surface area (Å²) in [6.07, 6.45) is 2.13. The first-order chi connectivity index (χ1) is 61.6. The van der Waals surface area contributed by atoms with Gasteiger partial charge in [0.25, 0.3) is 0 Å². The van der Waals surface area contributed by atoms with Gasteiger partial charge in [-0.25, -0.2) is 4.98 Å². The number of rotatable bonds is 32. The van der Waals surface area contributed by atoms with Gasteiger partial charge in [-0.05, 0) is 115 Å². The summed E-state index contributed by atoms with van der Waals surface area (Å²) >= 11 is 0. The maximum absolute atomic E-state index is 15.3. The Morgan fingerprint density at radius 2 is 0.923 bits per heavy atom. The summed E-state index contributed by atoms with van der Waals surface area (Å²) in [5.74, 6) is -20.8. The van der Waals surface area contributed by atoms with E-state index < -0.39 is 252 Å². The molecule has 2 aromatic carbocycles. The number of aliphatic hydroxyl groups excluding tert-OH is 1. The number of para-hydroxylation sites is 2. The minimum Gasteiger partial charge on any atom is -0.481 e. The Kier molecular flexibility index (Phi) is 42.6. The number of amides is 17. The van der Waals surface area contributed by atoms with Crippen LogP contribution in [-0.2, 0) is 106 Å². The fourth-order valence-electron chi connectivity index (χ4n) is 13.2. The number of nitrogens with two attached hydrogens (primary N) is 3. The summed E-state index contributed by atoms with van der Waals surface area (Å²) in [5.41, 5.74) is 19.0. The predicted molar refractivity (Wildman–Crippen MR) is 477 cm³/mol. The molecule has 1 aliphatic heterocycles. The fraction of sp³-hybridized carbons (Fsp3) is 0.519. The highest BCUT2D eigenvalue weighted by atomic mass is 33.1. The molecule has 31 N–H and O–H groups in total. The molecular formula is C81H119N27O20S2. The van der Waals surface area contributed by atoms with E-state index in [-0.39, 0.29) is 83.0 Å². The number of aromatic nitrogens is 4. The van der Waals surface area contributed by atoms with E-state index in [9.17, 15) is 67.7 Å². The summed E-state index contributed by atoms with van der Waals surface area (Å²) in [6, 6.07) is -10.1. The van der Waals surface area contributed by atoms with Crippen molar-refractivity contribution in [1.82, 2.24) is 116 Å². The number of carboxylic acid groups (broad SMARTS) is 1. The summed E-state index contributed by atoms with van der Waals surface area (Å²) in [6.45, 7) is 9.48. The number of carbonyl (C=O) groups excluding carboxylic acids is 17. The first kappa shape index (κ1) is 105. The zero-order chi connectivity index (χ0) is 96.0. The molecule has 3 aromatic heterocycles. The van der Waals surface area contributed by atoms with E-state index in [1.54, 1.807) is 74.8 Å². The van der Waals surface area contributed by atoms with Gasteiger partial charge in [0.2, 0.25) is 100 Å². The first-order valence-electron chi connectivity index (χ1n) is 42.0. The predicted octanol–water partition coefficient (Wildman–Crippen LogP) is -6.00. The van der Waals surface area contributed by atoms with Crippen molar-refractivity contribution in [3.05, 3.63) is 90.3 Å². The van der Waals surface area contributed by atoms with Gasteiger partial charge in [-0.2, -0.15) is 0 Å². The van der Waals surface area contributed by atoms with Crippen LogP contribution in [0.15, 0.2) is 73.4 Å². The Balaban J connectivity index is 1.50. The number of guanidine groups is 2. The number of aromatic amines is 3. The minimum absolute atomic E-state index is 0.00699. The average Bonchev–Trinajstić information content (AvgIpc) is 1.69. The van der Waals surface area contributed by atoms with E-state index in [0.29, 0.717) is 32.9 Å². The summed E-state index contributed by atoms with van der Waals surface area (Å²) in [5, 5.41) is 82.7. The molecule has 0 spiro atoms. The van der Waals surface area contributed by atoms with Crippen LogP contribution in [0.2, 0.25) is 0 Å². The van der Waals surface area contributed by atoms with E-state index in [1.807, 2.05) is 0 Å². The number of nitrogens with one attached hydrogen (secondary N) is 23. The first-order valence-corrected chi connectivity index (χ1v) is 44.5. The second kappa shape index (κ2) is 52.6. The second-order valence-corrected chi connectivity index (χ2v) is 34.1. The number of aliphatic carboxylic acids is 1. The highest BCUT2D eigenvalue weighted by molar-refractivity contribution is 8.76. The van der Waals surface area contributed by atoms with E-state index >= 15 is 28.8 Å². The number of carbonyl (C=O) groups is 18. The Morgan fingerprint density at radius 1 is 0.492 bits per heavy atom. The summed E-state index contributed by atoms with van der Waals surface area (Å²) in [4.78, 5) is 269. The van der Waals surface area contributed by atoms with E-state index in [2.05, 4.69) is 116 Å². The van der Waals surface area contributed by atoms with Gasteiger partial charge in [0, 0.05) is 110 Å². The average molecular weight is 1860 g/mol. The molecule has 0 saturated carbocycles. The zero-order valence-corrected chi connectivity index (χ0v) is 74.8. The molecule has 15 atom stereocenters. The third kappa shape index (κ3) is 35.2. The topological polar surface area (TPSA) is 750 Å². The number of nitrogens with zero attached hydrogens (tertiary/aromatic N) is 1. The van der Waals surface area contributed by atoms with Gasteiger partial charge >= 0.3 is 5.97 Å². The van der Waals surface area contributed by atoms with Crippen molar-refractivity contribution in [2.45, 2.75) is 223 Å². The normalized spacial score (nSPS) is 22.2. The molecule has 1 aliphatic rings. The molecule has 6 rings (SSSR count). The molecule has 0 bridgehead atoms. The number of benzene rings is 2. The lowest BCUT2D eigenvalue weighted by molar-refractivity contribution is -0.138. The number of primary amides is 1. The van der Waals surface area contributed by atoms with Crippen molar-refractivity contribution in [2.24, 2.45) is 23.1 Å². The number of aliphatic hydroxyl groups is 1. The highest BCUT2D eigenvalue weighted by Gasteiger charge is 2.39. The van der Waals surface area contributed by atoms with Crippen LogP contribution in [0.1, 0.15) is 130 Å². The third-order valence-corrected chi connectivity index (χ3v) is 22.8. The second-order valence-electron chi connectivity index (χ2n) is 31.5. The van der Waals surface area contributed by atoms with Crippen LogP contribution in [0.25, 0.3) is 21.8 Å². The number of hydrogen-bond donors (Lipinski definition) is 28. The highest BCUT2D eigenvalue weighted by Crippen LogP contribution is 2.26. The lowest BCUT2D eigenvalue weighted by Crippen LogP contribution is -2.61. The number of fused-ring (bicyclic) bond motifs is 2. The molecule has 47 nitrogen and oxygen atoms in total. The van der Waals surface area contributed by atoms with Crippen molar-refractivity contribution in [3.8, 4) is 0 Å². The Hall–Kier alpha value is -13.6. The quantitative estimate of drug-likeness (QED) is 0.00825. The molecule has 4 heterocycles. The molecule has 17 amide bonds. The van der Waals surface area contributed by atoms with Gasteiger partial charge in [-0.3, -0.25) is 97.1 Å². The molecule has 1 saturated heterocycles. The SMILES string of the molecule is CC(=O)NCC(=O)N[C@H](C)C(=O)N[C@@H]1CSSC[C@H](C(=O)N[C@H](C)C(=O)N[C@H](C)C(N)=O)NC(=O)[C@@H](CC(C)C)NC(=O)[C@@H](Cc2c[nH]c3ccccc23)NC(=O)[C@@H](C)NC(=O)[C@@H](Cc2c[nH]c3ccccc23)NC(=O)[C@@H](CCCO)NC(=O)[C@@H](CCCNC(=N)N)NC(=O)[C@@H](Cc2cnc[nH]2)NC(=O)[C@@H](CCCNC(=N)N)NC(=O)[C@@H](C)NC(=O)[C@@H](CCC(=O)O)NC1=O. The van der Waals surface area contributed by atoms with Crippen LogP contribution in [0.3, 0.4) is 0 Å². The standard InChI is InChI=1S/C81H119N27O20S2/c1-39(2)28-57-75(124)108-61(78(127)98-42(5)66(115)95-40(3)65(82)114)36-129-130-37-62(107-67(116)41(4)94-63(111)35-90-45(8)110)79(128)102-56(23-24-64(112)113)70(119)96-43(6)68(117)99-53(20-13-25-88-80(83)84)72(121)106-60(31-48-34-87-38-93-48)77(126)101-54(21-14-26-89-81(85)86)71(120)100-55(22-15-27-109)73(122)105-58(29-46-32-91-51-18-11-9-16-49(46)51)74(123)97-44(7)69(118)103-59(76(125)104-57)30-47-33-92-52-19-12-10-17-50(47)52/h9-12,16-19,32-34,38-44,53-62,91-92,109H,13-15,20-31,35-37H2,1-8H3,(H2,82,114)(H,87,93)(H,90,110)(H,94,111)(H,95,115)(H,96,119)(H,97,123)(H,98,127)(H,99,117)(H,100,120)(H,101,126)(H,102,128)(H,103,118)(H,104,125)(H,105,122)(H,106,121)(H,107,116)(H,108,124)(H,112,113)(H4,83,84,88)(H4,85,86,89)/t40-,41-,42-,43-,44-,53-,54-,55-,56-,57-,58-,59-,60-,61-,62-/m1/s1. The van der Waals surface area contributed by atoms with Gasteiger partial charge < -0.3 is 138 Å². The number of H-pyrrole nitrogens is 3. The lowest BCUT2D eigenvalue weighted by atomic mass is 10.00. The maximum Gasteiger partial charge on any atom is 0.303 e. The monoisotopic (exact) mass is 1850 g/mol. The molecule has 5 aromatic rings. The molecule has 49 heteroatoms. The van der Waals surface area contributed by atoms with Gasteiger partial charge in [-0.1, -0.05) is 71.8 Å². The van der Waals surface area contributed by atoms with Gasteiger partial charge in [0.15, 0.2) is 11.9 Å². The smallest absolute Gasteiger partial charge is 0.303 e. The minimum atomic E-state index is -1.87.